The normalized spacial score (nSPS) is 12.5. The van der Waals surface area contributed by atoms with Crippen molar-refractivity contribution in [3.05, 3.63) is 30.3 Å². The smallest absolute Gasteiger partial charge is 0.0631 e. The fraction of sp³-hybridized carbons (Fsp3) is 0.500. The second-order valence-corrected chi connectivity index (χ2v) is 3.59. The third kappa shape index (κ3) is 3.90. The van der Waals surface area contributed by atoms with Gasteiger partial charge in [0.15, 0.2) is 0 Å². The van der Waals surface area contributed by atoms with E-state index in [-0.39, 0.29) is 6.04 Å². The maximum Gasteiger partial charge on any atom is 0.0631 e. The Balaban J connectivity index is 2.56. The zero-order chi connectivity index (χ0) is 11.1. The van der Waals surface area contributed by atoms with Gasteiger partial charge in [-0.15, -0.1) is 0 Å². The Bertz CT molecular complexity index is 264. The van der Waals surface area contributed by atoms with Crippen LogP contribution in [0.5, 0.6) is 0 Å². The van der Waals surface area contributed by atoms with E-state index in [1.54, 1.807) is 7.11 Å². The second kappa shape index (κ2) is 6.43. The Kier molecular flexibility index (Phi) is 5.15. The highest BCUT2D eigenvalue weighted by molar-refractivity contribution is 5.45. The minimum absolute atomic E-state index is 0.0650. The molecule has 0 aromatic heterocycles. The molecule has 0 saturated carbocycles. The van der Waals surface area contributed by atoms with Crippen LogP contribution in [0.15, 0.2) is 30.3 Å². The molecule has 1 aromatic carbocycles. The number of nitrogens with two attached hydrogens (primary N) is 1. The van der Waals surface area contributed by atoms with E-state index in [0.29, 0.717) is 6.61 Å². The lowest BCUT2D eigenvalue weighted by atomic mass is 10.2. The van der Waals surface area contributed by atoms with Crippen LogP contribution in [0.1, 0.15) is 6.92 Å². The monoisotopic (exact) mass is 208 g/mol. The van der Waals surface area contributed by atoms with E-state index in [9.17, 15) is 0 Å². The number of hydrogen-bond donors (Lipinski definition) is 1. The third-order valence-electron chi connectivity index (χ3n) is 2.34. The first kappa shape index (κ1) is 12.0. The molecule has 0 amide bonds. The first-order chi connectivity index (χ1) is 7.27. The number of nitrogens with zero attached hydrogens (tertiary/aromatic N) is 1. The van der Waals surface area contributed by atoms with E-state index < -0.39 is 0 Å². The number of rotatable bonds is 6. The molecule has 1 unspecified atom stereocenters. The van der Waals surface area contributed by atoms with E-state index in [4.69, 9.17) is 10.5 Å². The molecule has 0 bridgehead atoms. The average Bonchev–Trinajstić information content (AvgIpc) is 2.27. The molecular formula is C12H20N2O. The Morgan fingerprint density at radius 2 is 2.00 bits per heavy atom. The first-order valence-electron chi connectivity index (χ1n) is 5.32. The lowest BCUT2D eigenvalue weighted by Crippen LogP contribution is -2.40. The number of hydrogen-bond acceptors (Lipinski definition) is 3. The zero-order valence-corrected chi connectivity index (χ0v) is 9.52. The molecule has 0 spiro atoms. The van der Waals surface area contributed by atoms with Crippen LogP contribution in [0.2, 0.25) is 0 Å². The van der Waals surface area contributed by atoms with E-state index in [1.165, 1.54) is 5.69 Å². The van der Waals surface area contributed by atoms with Crippen LogP contribution >= 0.6 is 0 Å². The predicted octanol–water partition coefficient (Wildman–Crippen LogP) is 1.49. The topological polar surface area (TPSA) is 38.5 Å². The van der Waals surface area contributed by atoms with Gasteiger partial charge in [0.2, 0.25) is 0 Å². The molecule has 15 heavy (non-hydrogen) atoms. The Morgan fingerprint density at radius 1 is 1.33 bits per heavy atom. The quantitative estimate of drug-likeness (QED) is 0.769. The van der Waals surface area contributed by atoms with E-state index in [2.05, 4.69) is 24.0 Å². The molecule has 0 radical (unpaired) electrons. The number of benzene rings is 1. The molecule has 0 fully saturated rings. The van der Waals surface area contributed by atoms with Gasteiger partial charge in [-0.1, -0.05) is 18.2 Å². The van der Waals surface area contributed by atoms with Crippen molar-refractivity contribution in [2.45, 2.75) is 13.0 Å². The highest BCUT2D eigenvalue weighted by Gasteiger charge is 2.08. The van der Waals surface area contributed by atoms with Gasteiger partial charge in [-0.2, -0.15) is 0 Å². The molecule has 0 saturated heterocycles. The van der Waals surface area contributed by atoms with Gasteiger partial charge in [-0.05, 0) is 19.1 Å². The van der Waals surface area contributed by atoms with Crippen molar-refractivity contribution in [1.82, 2.24) is 0 Å². The number of likely N-dealkylation sites (N-methyl/N-ethyl adjacent to an activating group) is 1. The molecule has 0 aliphatic carbocycles. The highest BCUT2D eigenvalue weighted by Crippen LogP contribution is 2.12. The standard InChI is InChI=1S/C12H20N2O/c1-3-14(9-11(13)10-15-2)12-7-5-4-6-8-12/h4-8,11H,3,9-10,13H2,1-2H3. The number of ether oxygens (including phenoxy) is 1. The van der Waals surface area contributed by atoms with E-state index >= 15 is 0 Å². The molecule has 0 heterocycles. The molecule has 84 valence electrons. The van der Waals surface area contributed by atoms with Gasteiger partial charge in [0.25, 0.3) is 0 Å². The molecule has 1 aromatic rings. The predicted molar refractivity (Wildman–Crippen MR) is 64.2 cm³/mol. The first-order valence-corrected chi connectivity index (χ1v) is 5.32. The Labute approximate surface area is 91.8 Å². The van der Waals surface area contributed by atoms with Crippen LogP contribution in [-0.2, 0) is 4.74 Å². The summed E-state index contributed by atoms with van der Waals surface area (Å²) >= 11 is 0. The third-order valence-corrected chi connectivity index (χ3v) is 2.34. The summed E-state index contributed by atoms with van der Waals surface area (Å²) in [7, 11) is 1.68. The van der Waals surface area contributed by atoms with Gasteiger partial charge in [0, 0.05) is 31.9 Å². The van der Waals surface area contributed by atoms with Crippen molar-refractivity contribution >= 4 is 5.69 Å². The van der Waals surface area contributed by atoms with Gasteiger partial charge >= 0.3 is 0 Å². The summed E-state index contributed by atoms with van der Waals surface area (Å²) in [5, 5.41) is 0. The fourth-order valence-corrected chi connectivity index (χ4v) is 1.61. The molecule has 3 nitrogen and oxygen atoms in total. The average molecular weight is 208 g/mol. The van der Waals surface area contributed by atoms with Gasteiger partial charge in [0.05, 0.1) is 6.61 Å². The molecule has 0 aliphatic rings. The summed E-state index contributed by atoms with van der Waals surface area (Å²) < 4.78 is 5.03. The van der Waals surface area contributed by atoms with Crippen molar-refractivity contribution in [3.8, 4) is 0 Å². The van der Waals surface area contributed by atoms with Gasteiger partial charge in [-0.25, -0.2) is 0 Å². The molecule has 0 aliphatic heterocycles. The van der Waals surface area contributed by atoms with Crippen LogP contribution in [0.25, 0.3) is 0 Å². The maximum absolute atomic E-state index is 5.93. The maximum atomic E-state index is 5.93. The summed E-state index contributed by atoms with van der Waals surface area (Å²) in [6.07, 6.45) is 0. The summed E-state index contributed by atoms with van der Waals surface area (Å²) in [5.74, 6) is 0. The van der Waals surface area contributed by atoms with Crippen LogP contribution in [-0.4, -0.2) is 32.8 Å². The number of para-hydroxylation sites is 1. The Hall–Kier alpha value is -1.06. The highest BCUT2D eigenvalue weighted by atomic mass is 16.5. The van der Waals surface area contributed by atoms with E-state index in [1.807, 2.05) is 18.2 Å². The van der Waals surface area contributed by atoms with Crippen LogP contribution in [0, 0.1) is 0 Å². The SMILES string of the molecule is CCN(CC(N)COC)c1ccccc1. The minimum atomic E-state index is 0.0650. The summed E-state index contributed by atoms with van der Waals surface area (Å²) in [5.41, 5.74) is 7.15. The van der Waals surface area contributed by atoms with Crippen molar-refractivity contribution in [2.24, 2.45) is 5.73 Å². The number of methoxy groups -OCH3 is 1. The van der Waals surface area contributed by atoms with Gasteiger partial charge in [0.1, 0.15) is 0 Å². The summed E-state index contributed by atoms with van der Waals surface area (Å²) in [4.78, 5) is 2.25. The lowest BCUT2D eigenvalue weighted by Gasteiger charge is -2.26. The Morgan fingerprint density at radius 3 is 2.53 bits per heavy atom. The second-order valence-electron chi connectivity index (χ2n) is 3.59. The van der Waals surface area contributed by atoms with Crippen molar-refractivity contribution in [2.75, 3.05) is 31.7 Å². The summed E-state index contributed by atoms with van der Waals surface area (Å²) in [6, 6.07) is 10.4. The van der Waals surface area contributed by atoms with Gasteiger partial charge < -0.3 is 15.4 Å². The summed E-state index contributed by atoms with van der Waals surface area (Å²) in [6.45, 7) is 4.52. The van der Waals surface area contributed by atoms with E-state index in [0.717, 1.165) is 13.1 Å². The molecule has 3 heteroatoms. The van der Waals surface area contributed by atoms with Gasteiger partial charge in [-0.3, -0.25) is 0 Å². The zero-order valence-electron chi connectivity index (χ0n) is 9.52. The lowest BCUT2D eigenvalue weighted by molar-refractivity contribution is 0.181. The minimum Gasteiger partial charge on any atom is -0.383 e. The van der Waals surface area contributed by atoms with Crippen molar-refractivity contribution < 1.29 is 4.74 Å². The molecular weight excluding hydrogens is 188 g/mol. The van der Waals surface area contributed by atoms with Crippen molar-refractivity contribution in [1.29, 1.82) is 0 Å². The largest absolute Gasteiger partial charge is 0.383 e. The molecule has 2 N–H and O–H groups in total. The van der Waals surface area contributed by atoms with Crippen LogP contribution in [0.4, 0.5) is 5.69 Å². The van der Waals surface area contributed by atoms with Crippen LogP contribution < -0.4 is 10.6 Å². The molecule has 1 atom stereocenters. The van der Waals surface area contributed by atoms with Crippen LogP contribution in [0.3, 0.4) is 0 Å². The number of anilines is 1. The molecule has 1 rings (SSSR count). The fourth-order valence-electron chi connectivity index (χ4n) is 1.61. The van der Waals surface area contributed by atoms with Crippen molar-refractivity contribution in [3.63, 3.8) is 0 Å².